The lowest BCUT2D eigenvalue weighted by Gasteiger charge is -2.14. The van der Waals surface area contributed by atoms with Crippen molar-refractivity contribution in [3.63, 3.8) is 0 Å². The Labute approximate surface area is 108 Å². The zero-order valence-electron chi connectivity index (χ0n) is 7.84. The minimum absolute atomic E-state index is 0.0765. The van der Waals surface area contributed by atoms with Crippen LogP contribution >= 0.6 is 32.1 Å². The maximum absolute atomic E-state index is 5.25. The third kappa shape index (κ3) is 1.51. The van der Waals surface area contributed by atoms with E-state index in [0.29, 0.717) is 22.0 Å². The number of furan rings is 1. The molecule has 5 nitrogen and oxygen atoms in total. The van der Waals surface area contributed by atoms with Gasteiger partial charge in [0.25, 0.3) is 27.8 Å². The molecule has 3 rings (SSSR count). The Kier molecular flexibility index (Phi) is 2.20. The van der Waals surface area contributed by atoms with Gasteiger partial charge in [0.1, 0.15) is 6.21 Å². The first-order chi connectivity index (χ1) is 7.67. The summed E-state index contributed by atoms with van der Waals surface area (Å²) in [4.78, 5) is 8.45. The van der Waals surface area contributed by atoms with Crippen molar-refractivity contribution in [3.05, 3.63) is 35.0 Å². The van der Waals surface area contributed by atoms with Crippen LogP contribution in [0.1, 0.15) is 5.76 Å². The van der Waals surface area contributed by atoms with Gasteiger partial charge in [0.2, 0.25) is 0 Å². The van der Waals surface area contributed by atoms with Crippen molar-refractivity contribution in [2.24, 2.45) is 15.1 Å². The van der Waals surface area contributed by atoms with Crippen molar-refractivity contribution < 1.29 is 8.04 Å². The van der Waals surface area contributed by atoms with E-state index in [0.717, 1.165) is 0 Å². The number of rotatable bonds is 1. The van der Waals surface area contributed by atoms with Gasteiger partial charge in [0, 0.05) is 0 Å². The number of aliphatic imine (C=N–C) groups is 2. The normalized spacial score (nSPS) is 27.2. The Balaban J connectivity index is 2.09. The highest BCUT2D eigenvalue weighted by Crippen LogP contribution is 2.31. The van der Waals surface area contributed by atoms with Gasteiger partial charge in [-0.25, -0.2) is 4.99 Å². The van der Waals surface area contributed by atoms with Crippen LogP contribution in [0.2, 0.25) is 0 Å². The molecule has 0 amide bonds. The number of hydrogen-bond donors (Lipinski definition) is 0. The second-order valence-electron chi connectivity index (χ2n) is 3.18. The molecule has 0 saturated carbocycles. The van der Waals surface area contributed by atoms with E-state index in [4.69, 9.17) is 4.42 Å². The van der Waals surface area contributed by atoms with Gasteiger partial charge < -0.3 is 4.42 Å². The molecule has 1 aromatic rings. The van der Waals surface area contributed by atoms with Crippen LogP contribution in [0, 0.1) is 0 Å². The molecule has 0 aromatic carbocycles. The number of amidine groups is 2. The molecule has 0 spiro atoms. The average Bonchev–Trinajstić information content (AvgIpc) is 2.81. The Morgan fingerprint density at radius 3 is 3.00 bits per heavy atom. The van der Waals surface area contributed by atoms with Crippen molar-refractivity contribution in [3.8, 4) is 0 Å². The van der Waals surface area contributed by atoms with Crippen LogP contribution in [0.5, 0.6) is 0 Å². The highest BCUT2D eigenvalue weighted by molar-refractivity contribution is 9.11. The molecule has 1 aromatic heterocycles. The van der Waals surface area contributed by atoms with Gasteiger partial charge in [-0.2, -0.15) is 4.99 Å². The summed E-state index contributed by atoms with van der Waals surface area (Å²) in [6.07, 6.45) is 5.03. The van der Waals surface area contributed by atoms with Crippen molar-refractivity contribution in [1.82, 2.24) is 0 Å². The van der Waals surface area contributed by atoms with Crippen molar-refractivity contribution >= 4 is 50.0 Å². The Hall–Kier alpha value is -1.05. The fraction of sp³-hybridized carbons (Fsp3) is 0. The van der Waals surface area contributed by atoms with Gasteiger partial charge in [-0.3, -0.25) is 0 Å². The van der Waals surface area contributed by atoms with E-state index >= 15 is 0 Å². The van der Waals surface area contributed by atoms with Crippen molar-refractivity contribution in [1.29, 1.82) is 0 Å². The zero-order chi connectivity index (χ0) is 11.2. The molecule has 1 atom stereocenters. The van der Waals surface area contributed by atoms with E-state index < -0.39 is 0 Å². The highest BCUT2D eigenvalue weighted by atomic mass is 79.9. The first-order valence-corrected chi connectivity index (χ1v) is 5.92. The van der Waals surface area contributed by atoms with Gasteiger partial charge in [-0.05, 0) is 33.2 Å². The summed E-state index contributed by atoms with van der Waals surface area (Å²) < 4.78 is 6.03. The second-order valence-corrected chi connectivity index (χ2v) is 5.08. The minimum atomic E-state index is 0.0765. The summed E-state index contributed by atoms with van der Waals surface area (Å²) in [5.74, 6) is 1.87. The Morgan fingerprint density at radius 1 is 1.38 bits per heavy atom. The molecule has 0 fully saturated rings. The van der Waals surface area contributed by atoms with Gasteiger partial charge in [-0.15, -0.1) is 0 Å². The molecule has 0 N–H and O–H groups in total. The summed E-state index contributed by atoms with van der Waals surface area (Å²) in [5, 5.41) is 4.41. The monoisotopic (exact) mass is 343 g/mol. The molecule has 0 bridgehead atoms. The van der Waals surface area contributed by atoms with Crippen LogP contribution in [-0.4, -0.2) is 21.5 Å². The van der Waals surface area contributed by atoms with Crippen LogP contribution in [0.3, 0.4) is 0 Å². The quantitative estimate of drug-likeness (QED) is 0.571. The average molecular weight is 345 g/mol. The van der Waals surface area contributed by atoms with E-state index in [1.54, 1.807) is 24.7 Å². The Morgan fingerprint density at radius 2 is 2.25 bits per heavy atom. The molecule has 3 heterocycles. The summed E-state index contributed by atoms with van der Waals surface area (Å²) in [6.45, 7) is 0. The maximum atomic E-state index is 5.25. The molecular weight excluding hydrogens is 340 g/mol. The predicted octanol–water partition coefficient (Wildman–Crippen LogP) is 2.76. The van der Waals surface area contributed by atoms with Crippen LogP contribution in [0.25, 0.3) is 0 Å². The van der Waals surface area contributed by atoms with Gasteiger partial charge in [0.05, 0.1) is 6.26 Å². The molecule has 1 unspecified atom stereocenters. The van der Waals surface area contributed by atoms with E-state index in [2.05, 4.69) is 47.2 Å². The number of nitrogens with zero attached hydrogens (tertiary/aromatic N) is 4. The molecular formula is C9H5Br2N4O+. The van der Waals surface area contributed by atoms with E-state index in [9.17, 15) is 0 Å². The van der Waals surface area contributed by atoms with Crippen LogP contribution in [0.4, 0.5) is 0 Å². The summed E-state index contributed by atoms with van der Waals surface area (Å²) in [5.41, 5.74) is 0. The standard InChI is InChI=1S/C9H5Br2N4O/c10-7-5-15(11)8(4-12-7)13-9(14-15)6-2-1-3-16-6/h1-5H/q+1. The van der Waals surface area contributed by atoms with E-state index in [1.807, 2.05) is 6.07 Å². The molecule has 2 aliphatic heterocycles. The summed E-state index contributed by atoms with van der Waals surface area (Å²) >= 11 is 6.77. The first kappa shape index (κ1) is 10.1. The largest absolute Gasteiger partial charge is 0.461 e. The number of quaternary nitrogens is 1. The van der Waals surface area contributed by atoms with E-state index in [-0.39, 0.29) is 3.62 Å². The number of hydrogen-bond acceptors (Lipinski definition) is 4. The van der Waals surface area contributed by atoms with Gasteiger partial charge in [-0.1, -0.05) is 3.62 Å². The molecule has 7 heteroatoms. The molecule has 0 aliphatic carbocycles. The van der Waals surface area contributed by atoms with Crippen LogP contribution in [-0.2, 0) is 0 Å². The minimum Gasteiger partial charge on any atom is -0.461 e. The summed E-state index contributed by atoms with van der Waals surface area (Å²) in [7, 11) is 0. The third-order valence-electron chi connectivity index (χ3n) is 2.10. The highest BCUT2D eigenvalue weighted by Gasteiger charge is 2.41. The fourth-order valence-corrected chi connectivity index (χ4v) is 2.59. The fourth-order valence-electron chi connectivity index (χ4n) is 1.40. The third-order valence-corrected chi connectivity index (χ3v) is 3.24. The maximum Gasteiger partial charge on any atom is 0.291 e. The number of fused-ring (bicyclic) bond motifs is 1. The van der Waals surface area contributed by atoms with Gasteiger partial charge >= 0.3 is 0 Å². The van der Waals surface area contributed by atoms with Gasteiger partial charge in [0.15, 0.2) is 16.6 Å². The molecule has 80 valence electrons. The van der Waals surface area contributed by atoms with Crippen molar-refractivity contribution in [2.75, 3.05) is 0 Å². The van der Waals surface area contributed by atoms with Crippen LogP contribution < -0.4 is 0 Å². The van der Waals surface area contributed by atoms with Crippen LogP contribution in [0.15, 0.2) is 48.7 Å². The molecule has 0 saturated heterocycles. The lowest BCUT2D eigenvalue weighted by atomic mass is 10.4. The first-order valence-electron chi connectivity index (χ1n) is 4.41. The van der Waals surface area contributed by atoms with Crippen molar-refractivity contribution in [2.45, 2.75) is 0 Å². The lowest BCUT2D eigenvalue weighted by Crippen LogP contribution is -2.33. The SMILES string of the molecule is BrC1=C[N+]2(Br)N=C(c3ccco3)N=C2C=N1. The molecule has 2 aliphatic rings. The second kappa shape index (κ2) is 3.47. The molecule has 16 heavy (non-hydrogen) atoms. The number of halogens is 2. The summed E-state index contributed by atoms with van der Waals surface area (Å²) in [6, 6.07) is 3.62. The predicted molar refractivity (Wildman–Crippen MR) is 67.4 cm³/mol. The molecule has 0 radical (unpaired) electrons. The smallest absolute Gasteiger partial charge is 0.291 e. The topological polar surface area (TPSA) is 50.2 Å². The zero-order valence-corrected chi connectivity index (χ0v) is 11.0. The Bertz CT molecular complexity index is 558. The van der Waals surface area contributed by atoms with E-state index in [1.165, 1.54) is 0 Å². The lowest BCUT2D eigenvalue weighted by molar-refractivity contribution is -0.620.